The molecule has 0 saturated carbocycles. The van der Waals surface area contributed by atoms with E-state index in [4.69, 9.17) is 14.2 Å². The molecule has 8 heteroatoms. The van der Waals surface area contributed by atoms with Gasteiger partial charge in [-0.05, 0) is 68.4 Å². The van der Waals surface area contributed by atoms with Gasteiger partial charge in [0, 0.05) is 18.7 Å². The number of hydrogen-bond donors (Lipinski definition) is 1. The number of ketones is 1. The zero-order chi connectivity index (χ0) is 27.7. The monoisotopic (exact) mass is 524 g/mol. The highest BCUT2D eigenvalue weighted by Crippen LogP contribution is 2.42. The van der Waals surface area contributed by atoms with Gasteiger partial charge >= 0.3 is 0 Å². The molecule has 0 aromatic heterocycles. The third kappa shape index (κ3) is 6.48. The van der Waals surface area contributed by atoms with E-state index >= 15 is 0 Å². The fourth-order valence-electron chi connectivity index (χ4n) is 4.57. The minimum atomic E-state index is -0.768. The normalized spacial score (nSPS) is 16.8. The van der Waals surface area contributed by atoms with Crippen LogP contribution in [0, 0.1) is 0 Å². The molecule has 1 N–H and O–H groups in total. The van der Waals surface area contributed by atoms with Crippen LogP contribution in [0.1, 0.15) is 57.7 Å². The number of nitrogens with zero attached hydrogens (tertiary/aromatic N) is 2. The van der Waals surface area contributed by atoms with Crippen molar-refractivity contribution in [2.45, 2.75) is 46.6 Å². The number of carbonyl (C=O) groups is 2. The molecule has 0 radical (unpaired) electrons. The van der Waals surface area contributed by atoms with Crippen molar-refractivity contribution in [3.05, 3.63) is 59.2 Å². The minimum Gasteiger partial charge on any atom is -0.507 e. The number of likely N-dealkylation sites (tertiary alicyclic amines) is 1. The zero-order valence-electron chi connectivity index (χ0n) is 23.2. The van der Waals surface area contributed by atoms with Crippen LogP contribution in [0.25, 0.3) is 5.76 Å². The van der Waals surface area contributed by atoms with Crippen molar-refractivity contribution in [3.63, 3.8) is 0 Å². The minimum absolute atomic E-state index is 0.0559. The van der Waals surface area contributed by atoms with Gasteiger partial charge in [0.15, 0.2) is 11.5 Å². The second-order valence-corrected chi connectivity index (χ2v) is 9.09. The van der Waals surface area contributed by atoms with Crippen molar-refractivity contribution in [1.82, 2.24) is 9.80 Å². The van der Waals surface area contributed by atoms with Crippen molar-refractivity contribution in [2.75, 3.05) is 46.5 Å². The Hall–Kier alpha value is -3.52. The van der Waals surface area contributed by atoms with Crippen LogP contribution in [0.15, 0.2) is 48.0 Å². The van der Waals surface area contributed by atoms with Gasteiger partial charge in [0.25, 0.3) is 11.7 Å². The number of aliphatic hydroxyl groups excluding tert-OH is 1. The topological polar surface area (TPSA) is 88.5 Å². The Morgan fingerprint density at radius 3 is 2.29 bits per heavy atom. The highest BCUT2D eigenvalue weighted by molar-refractivity contribution is 6.46. The fraction of sp³-hybridized carbons (Fsp3) is 0.467. The number of unbranched alkanes of at least 4 members (excludes halogenated alkanes) is 1. The van der Waals surface area contributed by atoms with Gasteiger partial charge in [-0.2, -0.15) is 0 Å². The summed E-state index contributed by atoms with van der Waals surface area (Å²) in [6.07, 6.45) is 1.98. The number of Topliss-reactive ketones (excluding diaryl/α,β-unsaturated/α-hetero) is 1. The Labute approximate surface area is 225 Å². The van der Waals surface area contributed by atoms with E-state index < -0.39 is 17.7 Å². The SMILES string of the molecule is CCCCOc1ccc(/C(O)=C2\C(=O)C(=O)N(CCN(CC)CC)C2c2ccc(OCC)c(OC)c2)cc1. The smallest absolute Gasteiger partial charge is 0.295 e. The maximum atomic E-state index is 13.4. The zero-order valence-corrected chi connectivity index (χ0v) is 23.2. The number of likely N-dealkylation sites (N-methyl/N-ethyl adjacent to an activating group) is 1. The first-order valence-electron chi connectivity index (χ1n) is 13.4. The second kappa shape index (κ2) is 13.9. The van der Waals surface area contributed by atoms with Crippen LogP contribution >= 0.6 is 0 Å². The van der Waals surface area contributed by atoms with Gasteiger partial charge in [0.2, 0.25) is 0 Å². The number of benzene rings is 2. The Kier molecular flexibility index (Phi) is 10.6. The molecule has 206 valence electrons. The Morgan fingerprint density at radius 2 is 1.68 bits per heavy atom. The molecule has 38 heavy (non-hydrogen) atoms. The molecule has 1 atom stereocenters. The maximum absolute atomic E-state index is 13.4. The van der Waals surface area contributed by atoms with Crippen LogP contribution in [-0.4, -0.2) is 73.1 Å². The molecule has 0 aliphatic carbocycles. The molecule has 3 rings (SSSR count). The van der Waals surface area contributed by atoms with E-state index in [0.717, 1.165) is 25.9 Å². The van der Waals surface area contributed by atoms with Gasteiger partial charge in [-0.15, -0.1) is 0 Å². The predicted octanol–water partition coefficient (Wildman–Crippen LogP) is 5.04. The quantitative estimate of drug-likeness (QED) is 0.160. The molecule has 1 amide bonds. The van der Waals surface area contributed by atoms with Crippen molar-refractivity contribution in [1.29, 1.82) is 0 Å². The molecule has 0 spiro atoms. The van der Waals surface area contributed by atoms with Crippen LogP contribution in [0.4, 0.5) is 0 Å². The molecule has 2 aromatic rings. The molecule has 1 heterocycles. The third-order valence-corrected chi connectivity index (χ3v) is 6.79. The lowest BCUT2D eigenvalue weighted by Crippen LogP contribution is -2.38. The number of ether oxygens (including phenoxy) is 3. The summed E-state index contributed by atoms with van der Waals surface area (Å²) in [6.45, 7) is 11.8. The summed E-state index contributed by atoms with van der Waals surface area (Å²) in [5, 5.41) is 11.4. The largest absolute Gasteiger partial charge is 0.507 e. The maximum Gasteiger partial charge on any atom is 0.295 e. The molecular weight excluding hydrogens is 484 g/mol. The number of hydrogen-bond acceptors (Lipinski definition) is 7. The lowest BCUT2D eigenvalue weighted by molar-refractivity contribution is -0.140. The molecule has 1 unspecified atom stereocenters. The summed E-state index contributed by atoms with van der Waals surface area (Å²) in [6, 6.07) is 11.5. The first-order valence-corrected chi connectivity index (χ1v) is 13.4. The summed E-state index contributed by atoms with van der Waals surface area (Å²) < 4.78 is 16.9. The van der Waals surface area contributed by atoms with Gasteiger partial charge in [-0.1, -0.05) is 33.3 Å². The molecule has 8 nitrogen and oxygen atoms in total. The van der Waals surface area contributed by atoms with E-state index in [9.17, 15) is 14.7 Å². The summed E-state index contributed by atoms with van der Waals surface area (Å²) in [5.74, 6) is 0.193. The molecule has 1 saturated heterocycles. The lowest BCUT2D eigenvalue weighted by Gasteiger charge is -2.28. The van der Waals surface area contributed by atoms with Crippen LogP contribution in [0.5, 0.6) is 17.2 Å². The first kappa shape index (κ1) is 29.0. The van der Waals surface area contributed by atoms with E-state index in [1.54, 1.807) is 48.4 Å². The highest BCUT2D eigenvalue weighted by atomic mass is 16.5. The van der Waals surface area contributed by atoms with Gasteiger partial charge < -0.3 is 29.1 Å². The summed E-state index contributed by atoms with van der Waals surface area (Å²) in [4.78, 5) is 30.4. The molecule has 2 aromatic carbocycles. The van der Waals surface area contributed by atoms with E-state index in [0.29, 0.717) is 54.7 Å². The van der Waals surface area contributed by atoms with Crippen molar-refractivity contribution < 1.29 is 28.9 Å². The lowest BCUT2D eigenvalue weighted by atomic mass is 9.95. The van der Waals surface area contributed by atoms with Gasteiger partial charge in [0.05, 0.1) is 31.9 Å². The van der Waals surface area contributed by atoms with Gasteiger partial charge in [0.1, 0.15) is 11.5 Å². The van der Waals surface area contributed by atoms with Crippen molar-refractivity contribution in [3.8, 4) is 17.2 Å². The van der Waals surface area contributed by atoms with E-state index in [1.807, 2.05) is 13.0 Å². The highest BCUT2D eigenvalue weighted by Gasteiger charge is 2.46. The Balaban J connectivity index is 2.06. The number of aliphatic hydroxyl groups is 1. The molecule has 1 aliphatic rings. The van der Waals surface area contributed by atoms with Gasteiger partial charge in [-0.25, -0.2) is 0 Å². The van der Waals surface area contributed by atoms with Gasteiger partial charge in [-0.3, -0.25) is 9.59 Å². The predicted molar refractivity (Wildman–Crippen MR) is 148 cm³/mol. The van der Waals surface area contributed by atoms with Crippen LogP contribution in [0.3, 0.4) is 0 Å². The fourth-order valence-corrected chi connectivity index (χ4v) is 4.57. The van der Waals surface area contributed by atoms with Crippen LogP contribution < -0.4 is 14.2 Å². The van der Waals surface area contributed by atoms with E-state index in [1.165, 1.54) is 0 Å². The number of amides is 1. The number of methoxy groups -OCH3 is 1. The summed E-state index contributed by atoms with van der Waals surface area (Å²) in [7, 11) is 1.54. The molecule has 1 fully saturated rings. The molecular formula is C30H40N2O6. The third-order valence-electron chi connectivity index (χ3n) is 6.79. The first-order chi connectivity index (χ1) is 18.4. The van der Waals surface area contributed by atoms with Crippen LogP contribution in [0.2, 0.25) is 0 Å². The Bertz CT molecular complexity index is 1120. The number of rotatable bonds is 14. The van der Waals surface area contributed by atoms with Crippen molar-refractivity contribution in [2.24, 2.45) is 0 Å². The second-order valence-electron chi connectivity index (χ2n) is 9.09. The van der Waals surface area contributed by atoms with Crippen molar-refractivity contribution >= 4 is 17.4 Å². The summed E-state index contributed by atoms with van der Waals surface area (Å²) >= 11 is 0. The van der Waals surface area contributed by atoms with E-state index in [2.05, 4.69) is 25.7 Å². The average Bonchev–Trinajstić information content (AvgIpc) is 3.19. The standard InChI is InChI=1S/C30H40N2O6/c1-6-10-19-38-23-14-11-21(12-15-23)28(33)26-27(22-13-16-24(37-9-4)25(20-22)36-5)32(30(35)29(26)34)18-17-31(7-2)8-3/h11-16,20,27,33H,6-10,17-19H2,1-5H3/b28-26+. The number of carbonyl (C=O) groups excluding carboxylic acids is 2. The Morgan fingerprint density at radius 1 is 0.974 bits per heavy atom. The summed E-state index contributed by atoms with van der Waals surface area (Å²) in [5.41, 5.74) is 1.16. The molecule has 1 aliphatic heterocycles. The van der Waals surface area contributed by atoms with E-state index in [-0.39, 0.29) is 11.3 Å². The average molecular weight is 525 g/mol. The molecule has 0 bridgehead atoms. The van der Waals surface area contributed by atoms with Crippen LogP contribution in [-0.2, 0) is 9.59 Å².